The summed E-state index contributed by atoms with van der Waals surface area (Å²) < 4.78 is 0. The molecule has 0 aromatic carbocycles. The van der Waals surface area contributed by atoms with Gasteiger partial charge in [-0.2, -0.15) is 0 Å². The molecule has 0 aliphatic heterocycles. The molecule has 0 saturated heterocycles. The molecule has 0 amide bonds. The summed E-state index contributed by atoms with van der Waals surface area (Å²) in [6.07, 6.45) is 2.31. The summed E-state index contributed by atoms with van der Waals surface area (Å²) in [6, 6.07) is 0. The van der Waals surface area contributed by atoms with Crippen molar-refractivity contribution in [2.45, 2.75) is 25.7 Å². The predicted molar refractivity (Wildman–Crippen MR) is 45.0 cm³/mol. The monoisotopic (exact) mass is 185 g/mol. The minimum absolute atomic E-state index is 0.360. The Balaban J connectivity index is 2.89. The molecule has 73 valence electrons. The Morgan fingerprint density at radius 1 is 1.31 bits per heavy atom. The molecular weight excluding hydrogens is 172 g/mol. The first kappa shape index (κ1) is 10.0. The van der Waals surface area contributed by atoms with E-state index in [9.17, 15) is 9.59 Å². The Morgan fingerprint density at radius 3 is 2.31 bits per heavy atom. The SMILES string of the molecule is [CH2]C1(C(=O)O)CCCCC1C(=O)O. The number of hydrogen-bond donors (Lipinski definition) is 2. The Bertz CT molecular complexity index is 236. The Morgan fingerprint density at radius 2 is 1.92 bits per heavy atom. The van der Waals surface area contributed by atoms with Crippen LogP contribution in [-0.2, 0) is 9.59 Å². The Kier molecular flexibility index (Phi) is 2.59. The maximum Gasteiger partial charge on any atom is 0.310 e. The molecule has 1 fully saturated rings. The van der Waals surface area contributed by atoms with Crippen LogP contribution in [0.4, 0.5) is 0 Å². The van der Waals surface area contributed by atoms with E-state index in [1.807, 2.05) is 0 Å². The number of carboxylic acid groups (broad SMARTS) is 2. The second-order valence-corrected chi connectivity index (χ2v) is 3.60. The van der Waals surface area contributed by atoms with Gasteiger partial charge >= 0.3 is 11.9 Å². The lowest BCUT2D eigenvalue weighted by Crippen LogP contribution is -2.42. The minimum atomic E-state index is -1.32. The Hall–Kier alpha value is -1.06. The van der Waals surface area contributed by atoms with Crippen molar-refractivity contribution in [2.75, 3.05) is 0 Å². The van der Waals surface area contributed by atoms with Crippen LogP contribution in [-0.4, -0.2) is 22.2 Å². The highest BCUT2D eigenvalue weighted by Gasteiger charge is 2.46. The van der Waals surface area contributed by atoms with Crippen LogP contribution >= 0.6 is 0 Å². The average Bonchev–Trinajstić information content (AvgIpc) is 2.04. The van der Waals surface area contributed by atoms with E-state index >= 15 is 0 Å². The van der Waals surface area contributed by atoms with Gasteiger partial charge in [0.15, 0.2) is 0 Å². The van der Waals surface area contributed by atoms with E-state index < -0.39 is 23.3 Å². The van der Waals surface area contributed by atoms with Gasteiger partial charge in [-0.25, -0.2) is 0 Å². The molecule has 1 aliphatic carbocycles. The molecule has 4 nitrogen and oxygen atoms in total. The van der Waals surface area contributed by atoms with Gasteiger partial charge in [-0.3, -0.25) is 9.59 Å². The van der Waals surface area contributed by atoms with Crippen LogP contribution in [0.25, 0.3) is 0 Å². The molecule has 1 radical (unpaired) electrons. The van der Waals surface area contributed by atoms with Crippen LogP contribution in [0, 0.1) is 18.3 Å². The van der Waals surface area contributed by atoms with Gasteiger partial charge in [0.05, 0.1) is 11.3 Å². The first-order valence-corrected chi connectivity index (χ1v) is 4.30. The second-order valence-electron chi connectivity index (χ2n) is 3.60. The third kappa shape index (κ3) is 1.66. The van der Waals surface area contributed by atoms with Gasteiger partial charge in [0.25, 0.3) is 0 Å². The normalized spacial score (nSPS) is 34.1. The van der Waals surface area contributed by atoms with Crippen molar-refractivity contribution < 1.29 is 19.8 Å². The van der Waals surface area contributed by atoms with Crippen molar-refractivity contribution in [2.24, 2.45) is 11.3 Å². The third-order valence-electron chi connectivity index (χ3n) is 2.76. The lowest BCUT2D eigenvalue weighted by atomic mass is 9.67. The summed E-state index contributed by atoms with van der Waals surface area (Å²) in [5, 5.41) is 17.7. The zero-order valence-electron chi connectivity index (χ0n) is 7.32. The fourth-order valence-electron chi connectivity index (χ4n) is 1.86. The van der Waals surface area contributed by atoms with E-state index in [1.165, 1.54) is 0 Å². The van der Waals surface area contributed by atoms with Crippen LogP contribution in [0.15, 0.2) is 0 Å². The lowest BCUT2D eigenvalue weighted by Gasteiger charge is -2.34. The third-order valence-corrected chi connectivity index (χ3v) is 2.76. The standard InChI is InChI=1S/C9H13O4/c1-9(8(12)13)5-3-2-4-6(9)7(10)11/h6H,1-5H2,(H,10,11)(H,12,13). The van der Waals surface area contributed by atoms with Gasteiger partial charge in [-0.15, -0.1) is 0 Å². The largest absolute Gasteiger partial charge is 0.481 e. The van der Waals surface area contributed by atoms with Gasteiger partial charge in [0.1, 0.15) is 0 Å². The van der Waals surface area contributed by atoms with Crippen molar-refractivity contribution in [1.29, 1.82) is 0 Å². The van der Waals surface area contributed by atoms with Crippen molar-refractivity contribution in [3.63, 3.8) is 0 Å². The summed E-state index contributed by atoms with van der Waals surface area (Å²) in [7, 11) is 0. The zero-order chi connectivity index (χ0) is 10.1. The van der Waals surface area contributed by atoms with Crippen molar-refractivity contribution in [3.05, 3.63) is 6.92 Å². The predicted octanol–water partition coefficient (Wildman–Crippen LogP) is 1.17. The highest BCUT2D eigenvalue weighted by atomic mass is 16.4. The molecule has 1 aliphatic rings. The van der Waals surface area contributed by atoms with E-state index in [-0.39, 0.29) is 0 Å². The fourth-order valence-corrected chi connectivity index (χ4v) is 1.86. The minimum Gasteiger partial charge on any atom is -0.481 e. The second kappa shape index (κ2) is 3.36. The number of carbonyl (C=O) groups is 2. The molecule has 4 heteroatoms. The smallest absolute Gasteiger partial charge is 0.310 e. The highest BCUT2D eigenvalue weighted by molar-refractivity contribution is 5.84. The summed E-state index contributed by atoms with van der Waals surface area (Å²) in [5.74, 6) is -2.98. The average molecular weight is 185 g/mol. The number of hydrogen-bond acceptors (Lipinski definition) is 2. The van der Waals surface area contributed by atoms with Crippen LogP contribution in [0.1, 0.15) is 25.7 Å². The molecule has 0 heterocycles. The van der Waals surface area contributed by atoms with Gasteiger partial charge in [0.2, 0.25) is 0 Å². The lowest BCUT2D eigenvalue weighted by molar-refractivity contribution is -0.161. The maximum atomic E-state index is 10.9. The molecule has 0 aromatic rings. The van der Waals surface area contributed by atoms with Crippen molar-refractivity contribution in [1.82, 2.24) is 0 Å². The summed E-state index contributed by atoms with van der Waals surface area (Å²) in [5.41, 5.74) is -1.32. The maximum absolute atomic E-state index is 10.9. The van der Waals surface area contributed by atoms with E-state index in [0.29, 0.717) is 12.8 Å². The molecule has 13 heavy (non-hydrogen) atoms. The molecule has 1 rings (SSSR count). The molecule has 0 spiro atoms. The molecule has 1 saturated carbocycles. The topological polar surface area (TPSA) is 74.6 Å². The molecule has 2 N–H and O–H groups in total. The molecule has 2 unspecified atom stereocenters. The van der Waals surface area contributed by atoms with Gasteiger partial charge < -0.3 is 10.2 Å². The fraction of sp³-hybridized carbons (Fsp3) is 0.667. The van der Waals surface area contributed by atoms with Gasteiger partial charge in [-0.1, -0.05) is 12.8 Å². The summed E-state index contributed by atoms with van der Waals surface area (Å²) in [4.78, 5) is 21.6. The summed E-state index contributed by atoms with van der Waals surface area (Å²) in [6.45, 7) is 3.55. The van der Waals surface area contributed by atoms with E-state index in [1.54, 1.807) is 0 Å². The van der Waals surface area contributed by atoms with Crippen LogP contribution in [0.2, 0.25) is 0 Å². The quantitative estimate of drug-likeness (QED) is 0.677. The number of aliphatic carboxylic acids is 2. The van der Waals surface area contributed by atoms with Crippen molar-refractivity contribution >= 4 is 11.9 Å². The number of carboxylic acids is 2. The molecule has 0 bridgehead atoms. The molecule has 0 aromatic heterocycles. The van der Waals surface area contributed by atoms with Gasteiger partial charge in [-0.05, 0) is 19.8 Å². The Labute approximate surface area is 76.6 Å². The van der Waals surface area contributed by atoms with Crippen LogP contribution in [0.3, 0.4) is 0 Å². The number of rotatable bonds is 2. The van der Waals surface area contributed by atoms with E-state index in [2.05, 4.69) is 6.92 Å². The van der Waals surface area contributed by atoms with Crippen LogP contribution in [0.5, 0.6) is 0 Å². The van der Waals surface area contributed by atoms with E-state index in [0.717, 1.165) is 12.8 Å². The first-order chi connectivity index (χ1) is 5.98. The summed E-state index contributed by atoms with van der Waals surface area (Å²) >= 11 is 0. The highest BCUT2D eigenvalue weighted by Crippen LogP contribution is 2.40. The first-order valence-electron chi connectivity index (χ1n) is 4.30. The zero-order valence-corrected chi connectivity index (χ0v) is 7.32. The molecular formula is C9H13O4. The van der Waals surface area contributed by atoms with Crippen LogP contribution < -0.4 is 0 Å². The van der Waals surface area contributed by atoms with Crippen molar-refractivity contribution in [3.8, 4) is 0 Å². The van der Waals surface area contributed by atoms with E-state index in [4.69, 9.17) is 10.2 Å². The molecule has 2 atom stereocenters. The van der Waals surface area contributed by atoms with Gasteiger partial charge in [0, 0.05) is 0 Å².